The Bertz CT molecular complexity index is 1030. The monoisotopic (exact) mass is 358 g/mol. The van der Waals surface area contributed by atoms with E-state index < -0.39 is 0 Å². The smallest absolute Gasteiger partial charge is 0.257 e. The molecule has 2 heterocycles. The summed E-state index contributed by atoms with van der Waals surface area (Å²) in [5, 5.41) is 17.4. The lowest BCUT2D eigenvalue weighted by molar-refractivity contribution is 0.0707. The molecule has 0 saturated heterocycles. The van der Waals surface area contributed by atoms with Crippen molar-refractivity contribution in [3.8, 4) is 6.07 Å². The number of hydrogen-bond donors (Lipinski definition) is 0. The summed E-state index contributed by atoms with van der Waals surface area (Å²) in [6, 6.07) is 17.0. The molecule has 7 heteroatoms. The largest absolute Gasteiger partial charge is 0.348 e. The molecule has 0 bridgehead atoms. The highest BCUT2D eigenvalue weighted by Gasteiger charge is 2.35. The molecule has 134 valence electrons. The first kappa shape index (κ1) is 16.8. The van der Waals surface area contributed by atoms with Crippen LogP contribution < -0.4 is 4.90 Å². The summed E-state index contributed by atoms with van der Waals surface area (Å²) < 4.78 is 1.74. The van der Waals surface area contributed by atoms with E-state index in [1.807, 2.05) is 54.5 Å². The van der Waals surface area contributed by atoms with E-state index in [0.29, 0.717) is 23.4 Å². The quantitative estimate of drug-likeness (QED) is 0.718. The Morgan fingerprint density at radius 2 is 1.81 bits per heavy atom. The molecule has 0 aliphatic carbocycles. The maximum Gasteiger partial charge on any atom is 0.257 e. The molecule has 1 aliphatic heterocycles. The summed E-state index contributed by atoms with van der Waals surface area (Å²) in [5.41, 5.74) is 3.92. The Hall–Kier alpha value is -3.66. The minimum atomic E-state index is -0.317. The van der Waals surface area contributed by atoms with Crippen LogP contribution in [0.2, 0.25) is 0 Å². The van der Waals surface area contributed by atoms with Crippen LogP contribution in [0.15, 0.2) is 54.7 Å². The van der Waals surface area contributed by atoms with E-state index in [1.54, 1.807) is 28.8 Å². The van der Waals surface area contributed by atoms with Gasteiger partial charge < -0.3 is 9.80 Å². The number of para-hydroxylation sites is 1. The molecule has 2 aromatic carbocycles. The van der Waals surface area contributed by atoms with Gasteiger partial charge in [0.15, 0.2) is 6.17 Å². The van der Waals surface area contributed by atoms with Gasteiger partial charge in [-0.15, -0.1) is 5.10 Å². The van der Waals surface area contributed by atoms with Crippen molar-refractivity contribution in [2.45, 2.75) is 12.7 Å². The van der Waals surface area contributed by atoms with Gasteiger partial charge in [0.05, 0.1) is 35.6 Å². The van der Waals surface area contributed by atoms with E-state index >= 15 is 0 Å². The van der Waals surface area contributed by atoms with E-state index in [1.165, 1.54) is 0 Å². The average Bonchev–Trinajstić information content (AvgIpc) is 3.15. The molecule has 0 saturated carbocycles. The van der Waals surface area contributed by atoms with Gasteiger partial charge in [0.25, 0.3) is 5.91 Å². The zero-order valence-corrected chi connectivity index (χ0v) is 15.1. The summed E-state index contributed by atoms with van der Waals surface area (Å²) in [4.78, 5) is 16.4. The third-order valence-electron chi connectivity index (χ3n) is 4.82. The maximum atomic E-state index is 12.7. The molecule has 1 aromatic heterocycles. The predicted molar refractivity (Wildman–Crippen MR) is 100.0 cm³/mol. The summed E-state index contributed by atoms with van der Waals surface area (Å²) >= 11 is 0. The van der Waals surface area contributed by atoms with Crippen LogP contribution >= 0.6 is 0 Å². The lowest BCUT2D eigenvalue weighted by atomic mass is 10.1. The Balaban J connectivity index is 1.61. The van der Waals surface area contributed by atoms with Crippen molar-refractivity contribution in [3.05, 3.63) is 77.1 Å². The van der Waals surface area contributed by atoms with Gasteiger partial charge in [0.1, 0.15) is 5.69 Å². The van der Waals surface area contributed by atoms with Crippen molar-refractivity contribution in [1.82, 2.24) is 19.9 Å². The highest BCUT2D eigenvalue weighted by atomic mass is 16.2. The van der Waals surface area contributed by atoms with E-state index in [4.69, 9.17) is 5.26 Å². The number of benzene rings is 2. The first-order valence-corrected chi connectivity index (χ1v) is 8.56. The molecule has 27 heavy (non-hydrogen) atoms. The minimum absolute atomic E-state index is 0.0321. The number of fused-ring (bicyclic) bond motifs is 1. The fourth-order valence-corrected chi connectivity index (χ4v) is 3.43. The number of carbonyl (C=O) groups excluding carboxylic acids is 1. The van der Waals surface area contributed by atoms with Gasteiger partial charge in [-0.05, 0) is 29.8 Å². The minimum Gasteiger partial charge on any atom is -0.348 e. The molecule has 0 N–H and O–H groups in total. The molecule has 7 nitrogen and oxygen atoms in total. The number of carbonyl (C=O) groups is 1. The van der Waals surface area contributed by atoms with E-state index in [-0.39, 0.29) is 12.1 Å². The normalized spacial score (nSPS) is 16.2. The molecule has 1 aliphatic rings. The number of anilines is 1. The van der Waals surface area contributed by atoms with Gasteiger partial charge in [-0.1, -0.05) is 29.5 Å². The zero-order chi connectivity index (χ0) is 19.0. The lowest BCUT2D eigenvalue weighted by Crippen LogP contribution is -2.45. The molecule has 0 spiro atoms. The van der Waals surface area contributed by atoms with Crippen molar-refractivity contribution in [2.24, 2.45) is 0 Å². The first-order valence-electron chi connectivity index (χ1n) is 8.56. The van der Waals surface area contributed by atoms with Crippen LogP contribution in [0.3, 0.4) is 0 Å². The Morgan fingerprint density at radius 1 is 1.07 bits per heavy atom. The van der Waals surface area contributed by atoms with Crippen LogP contribution in [-0.4, -0.2) is 39.9 Å². The number of amides is 1. The molecule has 0 unspecified atom stereocenters. The molecule has 3 aromatic rings. The predicted octanol–water partition coefficient (Wildman–Crippen LogP) is 2.42. The Morgan fingerprint density at radius 3 is 2.56 bits per heavy atom. The van der Waals surface area contributed by atoms with E-state index in [0.717, 1.165) is 11.3 Å². The van der Waals surface area contributed by atoms with Gasteiger partial charge in [0, 0.05) is 14.1 Å². The van der Waals surface area contributed by atoms with Crippen molar-refractivity contribution in [3.63, 3.8) is 0 Å². The van der Waals surface area contributed by atoms with Gasteiger partial charge in [-0.2, -0.15) is 5.26 Å². The van der Waals surface area contributed by atoms with Crippen LogP contribution in [0.1, 0.15) is 33.3 Å². The molecule has 1 atom stereocenters. The average molecular weight is 358 g/mol. The van der Waals surface area contributed by atoms with Crippen LogP contribution in [0.5, 0.6) is 0 Å². The molecule has 4 rings (SSSR count). The van der Waals surface area contributed by atoms with Crippen LogP contribution in [-0.2, 0) is 6.54 Å². The lowest BCUT2D eigenvalue weighted by Gasteiger charge is -2.40. The number of aromatic nitrogens is 3. The summed E-state index contributed by atoms with van der Waals surface area (Å²) in [6.45, 7) is 0.545. The summed E-state index contributed by atoms with van der Waals surface area (Å²) in [5.74, 6) is -0.0321. The van der Waals surface area contributed by atoms with Crippen LogP contribution in [0, 0.1) is 11.3 Å². The highest BCUT2D eigenvalue weighted by Crippen LogP contribution is 2.35. The number of nitriles is 1. The van der Waals surface area contributed by atoms with Gasteiger partial charge in [-0.25, -0.2) is 4.68 Å². The molecule has 0 fully saturated rings. The molecular weight excluding hydrogens is 340 g/mol. The number of rotatable bonds is 3. The Labute approximate surface area is 157 Å². The standard InChI is InChI=1S/C20H18N6O/c1-24-18-6-4-3-5-16(18)20(27)25(2)19(24)17-13-26(23-22-17)12-15-9-7-14(11-21)8-10-15/h3-10,13,19H,12H2,1-2H3/t19-/m1/s1. The van der Waals surface area contributed by atoms with Gasteiger partial charge >= 0.3 is 0 Å². The fourth-order valence-electron chi connectivity index (χ4n) is 3.43. The highest BCUT2D eigenvalue weighted by molar-refractivity contribution is 6.01. The van der Waals surface area contributed by atoms with Gasteiger partial charge in [0.2, 0.25) is 0 Å². The second-order valence-electron chi connectivity index (χ2n) is 6.57. The number of nitrogens with zero attached hydrogens (tertiary/aromatic N) is 6. The van der Waals surface area contributed by atoms with E-state index in [9.17, 15) is 4.79 Å². The summed E-state index contributed by atoms with van der Waals surface area (Å²) in [7, 11) is 3.73. The van der Waals surface area contributed by atoms with E-state index in [2.05, 4.69) is 16.4 Å². The topological polar surface area (TPSA) is 78.0 Å². The fraction of sp³-hybridized carbons (Fsp3) is 0.200. The maximum absolute atomic E-state index is 12.7. The zero-order valence-electron chi connectivity index (χ0n) is 15.1. The molecular formula is C20H18N6O. The first-order chi connectivity index (χ1) is 13.1. The van der Waals surface area contributed by atoms with Gasteiger partial charge in [-0.3, -0.25) is 4.79 Å². The van der Waals surface area contributed by atoms with Crippen molar-refractivity contribution >= 4 is 11.6 Å². The molecule has 1 amide bonds. The Kier molecular flexibility index (Phi) is 4.09. The number of hydrogen-bond acceptors (Lipinski definition) is 5. The second kappa shape index (κ2) is 6.57. The van der Waals surface area contributed by atoms with Crippen LogP contribution in [0.25, 0.3) is 0 Å². The van der Waals surface area contributed by atoms with Crippen molar-refractivity contribution in [2.75, 3.05) is 19.0 Å². The summed E-state index contributed by atoms with van der Waals surface area (Å²) in [6.07, 6.45) is 1.54. The SMILES string of the molecule is CN1C(=O)c2ccccc2N(C)[C@H]1c1cn(Cc2ccc(C#N)cc2)nn1. The third kappa shape index (κ3) is 2.91. The second-order valence-corrected chi connectivity index (χ2v) is 6.57. The molecule has 0 radical (unpaired) electrons. The van der Waals surface area contributed by atoms with Crippen molar-refractivity contribution < 1.29 is 4.79 Å². The van der Waals surface area contributed by atoms with Crippen molar-refractivity contribution in [1.29, 1.82) is 5.26 Å². The third-order valence-corrected chi connectivity index (χ3v) is 4.82. The van der Waals surface area contributed by atoms with Crippen LogP contribution in [0.4, 0.5) is 5.69 Å².